The molecule has 6 nitrogen and oxygen atoms in total. The Bertz CT molecular complexity index is 433. The number of carbonyl (C=O) groups is 2. The molecule has 0 bridgehead atoms. The molecule has 0 fully saturated rings. The van der Waals surface area contributed by atoms with Crippen molar-refractivity contribution < 1.29 is 24.2 Å². The second-order valence-corrected chi connectivity index (χ2v) is 3.81. The summed E-state index contributed by atoms with van der Waals surface area (Å²) in [6.45, 7) is 2.07. The van der Waals surface area contributed by atoms with Crippen LogP contribution < -0.4 is 10.1 Å². The summed E-state index contributed by atoms with van der Waals surface area (Å²) in [5.74, 6) is -0.930. The highest BCUT2D eigenvalue weighted by atomic mass is 16.5. The van der Waals surface area contributed by atoms with Crippen LogP contribution >= 0.6 is 0 Å². The normalized spacial score (nSPS) is 9.95. The van der Waals surface area contributed by atoms with Gasteiger partial charge in [0, 0.05) is 18.4 Å². The number of carboxylic acids is 1. The number of nitrogens with one attached hydrogen (secondary N) is 1. The van der Waals surface area contributed by atoms with E-state index in [4.69, 9.17) is 14.6 Å². The third-order valence-corrected chi connectivity index (χ3v) is 2.06. The molecule has 19 heavy (non-hydrogen) atoms. The van der Waals surface area contributed by atoms with Crippen molar-refractivity contribution in [2.45, 2.75) is 13.3 Å². The monoisotopic (exact) mass is 267 g/mol. The maximum atomic E-state index is 11.5. The molecule has 0 atom stereocenters. The van der Waals surface area contributed by atoms with Gasteiger partial charge in [-0.15, -0.1) is 0 Å². The average molecular weight is 267 g/mol. The summed E-state index contributed by atoms with van der Waals surface area (Å²) in [4.78, 5) is 21.9. The van der Waals surface area contributed by atoms with Gasteiger partial charge in [0.2, 0.25) is 5.91 Å². The highest BCUT2D eigenvalue weighted by molar-refractivity contribution is 5.91. The third kappa shape index (κ3) is 6.42. The number of hydrogen-bond acceptors (Lipinski definition) is 4. The van der Waals surface area contributed by atoms with E-state index in [1.54, 1.807) is 24.3 Å². The number of carbonyl (C=O) groups excluding carboxylic acids is 1. The number of ether oxygens (including phenoxy) is 2. The number of benzene rings is 1. The highest BCUT2D eigenvalue weighted by Crippen LogP contribution is 2.17. The summed E-state index contributed by atoms with van der Waals surface area (Å²) < 4.78 is 10.1. The first-order valence-electron chi connectivity index (χ1n) is 5.94. The van der Waals surface area contributed by atoms with Crippen molar-refractivity contribution in [1.82, 2.24) is 0 Å². The van der Waals surface area contributed by atoms with Crippen LogP contribution in [0, 0.1) is 0 Å². The standard InChI is InChI=1S/C13H17NO5/c1-2-6-18-8-12(15)14-10-4-3-5-11(7-10)19-9-13(16)17/h3-5,7H,2,6,8-9H2,1H3,(H,14,15)(H,16,17). The predicted molar refractivity (Wildman–Crippen MR) is 69.3 cm³/mol. The summed E-state index contributed by atoms with van der Waals surface area (Å²) in [6, 6.07) is 6.53. The molecule has 0 radical (unpaired) electrons. The van der Waals surface area contributed by atoms with Crippen LogP contribution in [0.3, 0.4) is 0 Å². The Balaban J connectivity index is 2.47. The van der Waals surface area contributed by atoms with Crippen molar-refractivity contribution in [3.8, 4) is 5.75 Å². The number of aliphatic carboxylic acids is 1. The van der Waals surface area contributed by atoms with E-state index >= 15 is 0 Å². The number of amides is 1. The second-order valence-electron chi connectivity index (χ2n) is 3.81. The fourth-order valence-electron chi connectivity index (χ4n) is 1.31. The molecule has 0 aliphatic rings. The van der Waals surface area contributed by atoms with Gasteiger partial charge in [-0.05, 0) is 18.6 Å². The molecule has 0 spiro atoms. The molecule has 6 heteroatoms. The average Bonchev–Trinajstić information content (AvgIpc) is 2.37. The number of carboxylic acid groups (broad SMARTS) is 1. The molecular formula is C13H17NO5. The molecule has 0 aromatic heterocycles. The zero-order valence-electron chi connectivity index (χ0n) is 10.7. The molecule has 0 aliphatic carbocycles. The van der Waals surface area contributed by atoms with Gasteiger partial charge in [-0.1, -0.05) is 13.0 Å². The highest BCUT2D eigenvalue weighted by Gasteiger charge is 2.04. The summed E-state index contributed by atoms with van der Waals surface area (Å²) in [5.41, 5.74) is 0.535. The van der Waals surface area contributed by atoms with Crippen molar-refractivity contribution in [2.75, 3.05) is 25.1 Å². The Kier molecular flexibility index (Phi) is 6.38. The van der Waals surface area contributed by atoms with Crippen LogP contribution in [0.5, 0.6) is 5.75 Å². The lowest BCUT2D eigenvalue weighted by atomic mass is 10.3. The smallest absolute Gasteiger partial charge is 0.341 e. The minimum absolute atomic E-state index is 0.00590. The first-order chi connectivity index (χ1) is 9.11. The van der Waals surface area contributed by atoms with Crippen LogP contribution in [0.1, 0.15) is 13.3 Å². The second kappa shape index (κ2) is 8.10. The van der Waals surface area contributed by atoms with Crippen LogP contribution in [-0.4, -0.2) is 36.8 Å². The molecule has 1 aromatic rings. The van der Waals surface area contributed by atoms with E-state index in [0.717, 1.165) is 6.42 Å². The van der Waals surface area contributed by atoms with E-state index in [1.165, 1.54) is 0 Å². The molecule has 0 saturated heterocycles. The van der Waals surface area contributed by atoms with Crippen molar-refractivity contribution >= 4 is 17.6 Å². The molecule has 104 valence electrons. The van der Waals surface area contributed by atoms with Crippen LogP contribution in [0.25, 0.3) is 0 Å². The summed E-state index contributed by atoms with van der Waals surface area (Å²) in [6.07, 6.45) is 0.853. The van der Waals surface area contributed by atoms with Gasteiger partial charge in [-0.25, -0.2) is 4.79 Å². The Morgan fingerprint density at radius 1 is 1.32 bits per heavy atom. The minimum atomic E-state index is -1.05. The molecular weight excluding hydrogens is 250 g/mol. The number of hydrogen-bond donors (Lipinski definition) is 2. The predicted octanol–water partition coefficient (Wildman–Crippen LogP) is 1.52. The topological polar surface area (TPSA) is 84.9 Å². The zero-order chi connectivity index (χ0) is 14.1. The lowest BCUT2D eigenvalue weighted by Crippen LogP contribution is -2.18. The fraction of sp³-hybridized carbons (Fsp3) is 0.385. The number of rotatable bonds is 8. The first kappa shape index (κ1) is 15.0. The molecule has 1 aromatic carbocycles. The van der Waals surface area contributed by atoms with Crippen molar-refractivity contribution in [3.63, 3.8) is 0 Å². The first-order valence-corrected chi connectivity index (χ1v) is 5.94. The van der Waals surface area contributed by atoms with E-state index in [1.807, 2.05) is 6.92 Å². The largest absolute Gasteiger partial charge is 0.482 e. The van der Waals surface area contributed by atoms with Crippen LogP contribution in [0.15, 0.2) is 24.3 Å². The fourth-order valence-corrected chi connectivity index (χ4v) is 1.31. The Morgan fingerprint density at radius 2 is 2.11 bits per heavy atom. The Hall–Kier alpha value is -2.08. The quantitative estimate of drug-likeness (QED) is 0.697. The van der Waals surface area contributed by atoms with Crippen LogP contribution in [0.2, 0.25) is 0 Å². The Labute approximate surface area is 111 Å². The van der Waals surface area contributed by atoms with Crippen LogP contribution in [-0.2, 0) is 14.3 Å². The minimum Gasteiger partial charge on any atom is -0.482 e. The lowest BCUT2D eigenvalue weighted by molar-refractivity contribution is -0.139. The van der Waals surface area contributed by atoms with Gasteiger partial charge in [-0.3, -0.25) is 4.79 Å². The third-order valence-electron chi connectivity index (χ3n) is 2.06. The SMILES string of the molecule is CCCOCC(=O)Nc1cccc(OCC(=O)O)c1. The molecule has 0 saturated carbocycles. The zero-order valence-corrected chi connectivity index (χ0v) is 10.7. The molecule has 0 unspecified atom stereocenters. The van der Waals surface area contributed by atoms with Crippen molar-refractivity contribution in [1.29, 1.82) is 0 Å². The molecule has 1 rings (SSSR count). The summed E-state index contributed by atoms with van der Waals surface area (Å²) in [7, 11) is 0. The molecule has 1 amide bonds. The van der Waals surface area contributed by atoms with Crippen molar-refractivity contribution in [2.24, 2.45) is 0 Å². The summed E-state index contributed by atoms with van der Waals surface area (Å²) in [5, 5.41) is 11.1. The maximum Gasteiger partial charge on any atom is 0.341 e. The molecule has 2 N–H and O–H groups in total. The Morgan fingerprint density at radius 3 is 2.79 bits per heavy atom. The maximum absolute atomic E-state index is 11.5. The van der Waals surface area contributed by atoms with Crippen LogP contribution in [0.4, 0.5) is 5.69 Å². The van der Waals surface area contributed by atoms with Gasteiger partial charge in [0.25, 0.3) is 0 Å². The van der Waals surface area contributed by atoms with Gasteiger partial charge in [0.05, 0.1) is 0 Å². The van der Waals surface area contributed by atoms with E-state index < -0.39 is 12.6 Å². The van der Waals surface area contributed by atoms with Gasteiger partial charge < -0.3 is 19.9 Å². The van der Waals surface area contributed by atoms with Gasteiger partial charge in [0.15, 0.2) is 6.61 Å². The van der Waals surface area contributed by atoms with Gasteiger partial charge in [0.1, 0.15) is 12.4 Å². The van der Waals surface area contributed by atoms with E-state index in [2.05, 4.69) is 5.32 Å². The van der Waals surface area contributed by atoms with E-state index in [0.29, 0.717) is 18.0 Å². The van der Waals surface area contributed by atoms with Crippen molar-refractivity contribution in [3.05, 3.63) is 24.3 Å². The van der Waals surface area contributed by atoms with E-state index in [-0.39, 0.29) is 12.5 Å². The van der Waals surface area contributed by atoms with Gasteiger partial charge in [-0.2, -0.15) is 0 Å². The lowest BCUT2D eigenvalue weighted by Gasteiger charge is -2.08. The molecule has 0 aliphatic heterocycles. The molecule has 0 heterocycles. The summed E-state index contributed by atoms with van der Waals surface area (Å²) >= 11 is 0. The van der Waals surface area contributed by atoms with E-state index in [9.17, 15) is 9.59 Å². The van der Waals surface area contributed by atoms with Gasteiger partial charge >= 0.3 is 5.97 Å². The number of anilines is 1.